The zero-order chi connectivity index (χ0) is 15.2. The molecule has 0 unspecified atom stereocenters. The van der Waals surface area contributed by atoms with E-state index in [0.717, 1.165) is 24.7 Å². The van der Waals surface area contributed by atoms with Gasteiger partial charge in [0, 0.05) is 17.0 Å². The van der Waals surface area contributed by atoms with Gasteiger partial charge in [-0.1, -0.05) is 22.0 Å². The zero-order valence-corrected chi connectivity index (χ0v) is 14.1. The minimum Gasteiger partial charge on any atom is -0.622 e. The van der Waals surface area contributed by atoms with Crippen molar-refractivity contribution in [3.63, 3.8) is 0 Å². The van der Waals surface area contributed by atoms with Gasteiger partial charge in [-0.2, -0.15) is 4.74 Å². The molecule has 6 heteroatoms. The van der Waals surface area contributed by atoms with Crippen LogP contribution >= 0.6 is 27.3 Å². The molecule has 4 nitrogen and oxygen atoms in total. The van der Waals surface area contributed by atoms with Crippen LogP contribution in [0.25, 0.3) is 0 Å². The Balaban J connectivity index is 2.16. The lowest BCUT2D eigenvalue weighted by Gasteiger charge is -2.29. The molecule has 1 N–H and O–H groups in total. The van der Waals surface area contributed by atoms with E-state index < -0.39 is 5.66 Å². The van der Waals surface area contributed by atoms with Gasteiger partial charge in [-0.3, -0.25) is 0 Å². The van der Waals surface area contributed by atoms with E-state index in [4.69, 9.17) is 0 Å². The highest BCUT2D eigenvalue weighted by atomic mass is 79.9. The van der Waals surface area contributed by atoms with Gasteiger partial charge in [0.15, 0.2) is 0 Å². The quantitative estimate of drug-likeness (QED) is 0.649. The van der Waals surface area contributed by atoms with Crippen molar-refractivity contribution in [3.05, 3.63) is 61.9 Å². The fourth-order valence-electron chi connectivity index (χ4n) is 2.74. The largest absolute Gasteiger partial charge is 0.622 e. The minimum atomic E-state index is -1.13. The SMILES string of the molecule is C[C@@H]1C(c2cccs2)=[N+]([O-])[C@@](C)(c2ccc(Br)cc2)N1O. The summed E-state index contributed by atoms with van der Waals surface area (Å²) in [4.78, 5) is 0.886. The molecule has 2 atom stereocenters. The van der Waals surface area contributed by atoms with Crippen LogP contribution in [0.15, 0.2) is 46.3 Å². The highest BCUT2D eigenvalue weighted by Crippen LogP contribution is 2.37. The van der Waals surface area contributed by atoms with Crippen LogP contribution in [0.1, 0.15) is 24.3 Å². The summed E-state index contributed by atoms with van der Waals surface area (Å²) in [6, 6.07) is 10.9. The van der Waals surface area contributed by atoms with Crippen molar-refractivity contribution in [1.29, 1.82) is 0 Å². The maximum Gasteiger partial charge on any atom is 0.274 e. The third-order valence-electron chi connectivity index (χ3n) is 3.99. The second kappa shape index (κ2) is 5.21. The first-order valence-corrected chi connectivity index (χ1v) is 8.26. The van der Waals surface area contributed by atoms with E-state index in [2.05, 4.69) is 15.9 Å². The van der Waals surface area contributed by atoms with Crippen LogP contribution in [0.5, 0.6) is 0 Å². The Labute approximate surface area is 135 Å². The van der Waals surface area contributed by atoms with E-state index in [9.17, 15) is 10.4 Å². The van der Waals surface area contributed by atoms with E-state index in [1.165, 1.54) is 11.3 Å². The normalized spacial score (nSPS) is 26.6. The molecule has 0 saturated heterocycles. The van der Waals surface area contributed by atoms with E-state index >= 15 is 0 Å². The Bertz CT molecular complexity index is 684. The van der Waals surface area contributed by atoms with Crippen LogP contribution in [0.4, 0.5) is 0 Å². The van der Waals surface area contributed by atoms with Crippen LogP contribution in [0.3, 0.4) is 0 Å². The number of rotatable bonds is 2. The number of thiophene rings is 1. The van der Waals surface area contributed by atoms with Gasteiger partial charge in [-0.15, -0.1) is 16.4 Å². The molecule has 1 aromatic heterocycles. The van der Waals surface area contributed by atoms with Crippen LogP contribution in [-0.4, -0.2) is 26.8 Å². The summed E-state index contributed by atoms with van der Waals surface area (Å²) < 4.78 is 1.86. The first kappa shape index (κ1) is 14.7. The topological polar surface area (TPSA) is 49.5 Å². The van der Waals surface area contributed by atoms with E-state index in [0.29, 0.717) is 5.71 Å². The Morgan fingerprint density at radius 2 is 2.00 bits per heavy atom. The molecule has 0 bridgehead atoms. The molecule has 2 heterocycles. The highest BCUT2D eigenvalue weighted by Gasteiger charge is 2.54. The molecule has 0 aliphatic carbocycles. The van der Waals surface area contributed by atoms with Crippen LogP contribution in [0.2, 0.25) is 0 Å². The van der Waals surface area contributed by atoms with Crippen molar-refractivity contribution in [2.75, 3.05) is 0 Å². The van der Waals surface area contributed by atoms with Gasteiger partial charge >= 0.3 is 0 Å². The van der Waals surface area contributed by atoms with Gasteiger partial charge in [-0.25, -0.2) is 0 Å². The van der Waals surface area contributed by atoms with Gasteiger partial charge in [0.25, 0.3) is 5.66 Å². The summed E-state index contributed by atoms with van der Waals surface area (Å²) in [6.45, 7) is 3.57. The van der Waals surface area contributed by atoms with Crippen molar-refractivity contribution >= 4 is 33.0 Å². The van der Waals surface area contributed by atoms with E-state index in [1.807, 2.05) is 48.7 Å². The summed E-state index contributed by atoms with van der Waals surface area (Å²) >= 11 is 4.89. The van der Waals surface area contributed by atoms with Crippen molar-refractivity contribution in [3.8, 4) is 0 Å². The number of nitrogens with zero attached hydrogens (tertiary/aromatic N) is 2. The van der Waals surface area contributed by atoms with E-state index in [-0.39, 0.29) is 6.04 Å². The Hall–Kier alpha value is -1.21. The summed E-state index contributed by atoms with van der Waals surface area (Å²) in [7, 11) is 0. The van der Waals surface area contributed by atoms with Gasteiger partial charge in [0.2, 0.25) is 5.71 Å². The van der Waals surface area contributed by atoms with Crippen LogP contribution < -0.4 is 0 Å². The Morgan fingerprint density at radius 3 is 2.57 bits per heavy atom. The molecule has 2 aromatic rings. The second-order valence-corrected chi connectivity index (χ2v) is 7.07. The van der Waals surface area contributed by atoms with E-state index in [1.54, 1.807) is 6.92 Å². The maximum absolute atomic E-state index is 12.9. The number of hydroxylamine groups is 3. The molecule has 1 aliphatic rings. The minimum absolute atomic E-state index is 0.366. The second-order valence-electron chi connectivity index (χ2n) is 5.21. The van der Waals surface area contributed by atoms with Crippen molar-refractivity contribution < 1.29 is 9.95 Å². The van der Waals surface area contributed by atoms with Crippen LogP contribution in [0, 0.1) is 5.21 Å². The molecule has 21 heavy (non-hydrogen) atoms. The smallest absolute Gasteiger partial charge is 0.274 e. The van der Waals surface area contributed by atoms with Crippen molar-refractivity contribution in [2.45, 2.75) is 25.6 Å². The zero-order valence-electron chi connectivity index (χ0n) is 11.7. The third kappa shape index (κ3) is 2.14. The molecular weight excluding hydrogens is 352 g/mol. The molecule has 3 rings (SSSR count). The van der Waals surface area contributed by atoms with Gasteiger partial charge in [0.05, 0.1) is 4.88 Å². The lowest BCUT2D eigenvalue weighted by atomic mass is 10.0. The number of hydrogen-bond acceptors (Lipinski definition) is 4. The van der Waals surface area contributed by atoms with Gasteiger partial charge in [-0.05, 0) is 42.6 Å². The van der Waals surface area contributed by atoms with Crippen molar-refractivity contribution in [1.82, 2.24) is 5.06 Å². The average molecular weight is 367 g/mol. The summed E-state index contributed by atoms with van der Waals surface area (Å²) in [5, 5.41) is 26.5. The predicted molar refractivity (Wildman–Crippen MR) is 86.6 cm³/mol. The number of benzene rings is 1. The standard InChI is InChI=1S/C15H15BrN2O2S/c1-10-14(13-4-3-9-21-13)18(20)15(2,17(10)19)11-5-7-12(16)8-6-11/h3-10,19H,1-2H3/t10-,15+/m1/s1. The molecule has 1 aromatic carbocycles. The van der Waals surface area contributed by atoms with Crippen molar-refractivity contribution in [2.24, 2.45) is 0 Å². The third-order valence-corrected chi connectivity index (χ3v) is 5.41. The first-order chi connectivity index (χ1) is 9.96. The molecule has 1 aliphatic heterocycles. The van der Waals surface area contributed by atoms with Gasteiger partial charge < -0.3 is 10.4 Å². The average Bonchev–Trinajstić information content (AvgIpc) is 3.04. The molecule has 0 saturated carbocycles. The Kier molecular flexibility index (Phi) is 3.65. The molecule has 0 fully saturated rings. The monoisotopic (exact) mass is 366 g/mol. The molecule has 0 radical (unpaired) electrons. The van der Waals surface area contributed by atoms with Gasteiger partial charge in [0.1, 0.15) is 6.04 Å². The lowest BCUT2D eigenvalue weighted by Crippen LogP contribution is -2.45. The molecule has 110 valence electrons. The number of hydrogen-bond donors (Lipinski definition) is 1. The number of halogens is 1. The fourth-order valence-corrected chi connectivity index (χ4v) is 3.84. The highest BCUT2D eigenvalue weighted by molar-refractivity contribution is 9.10. The summed E-state index contributed by atoms with van der Waals surface area (Å²) in [5.41, 5.74) is 0.221. The fraction of sp³-hybridized carbons (Fsp3) is 0.267. The Morgan fingerprint density at radius 1 is 1.33 bits per heavy atom. The molecular formula is C15H15BrN2O2S. The summed E-state index contributed by atoms with van der Waals surface area (Å²) in [6.07, 6.45) is 0. The maximum atomic E-state index is 12.9. The summed E-state index contributed by atoms with van der Waals surface area (Å²) in [5.74, 6) is 0. The molecule has 0 amide bonds. The lowest BCUT2D eigenvalue weighted by molar-refractivity contribution is -0.595. The molecule has 0 spiro atoms. The predicted octanol–water partition coefficient (Wildman–Crippen LogP) is 3.78. The first-order valence-electron chi connectivity index (χ1n) is 6.58. The van der Waals surface area contributed by atoms with Crippen LogP contribution in [-0.2, 0) is 5.66 Å².